The summed E-state index contributed by atoms with van der Waals surface area (Å²) in [7, 11) is 0. The van der Waals surface area contributed by atoms with Gasteiger partial charge in [0, 0.05) is 20.4 Å². The van der Waals surface area contributed by atoms with E-state index in [1.807, 2.05) is 24.3 Å². The predicted molar refractivity (Wildman–Crippen MR) is 92.0 cm³/mol. The van der Waals surface area contributed by atoms with Crippen LogP contribution in [0.15, 0.2) is 40.9 Å². The Morgan fingerprint density at radius 3 is 2.33 bits per heavy atom. The van der Waals surface area contributed by atoms with E-state index in [1.54, 1.807) is 0 Å². The van der Waals surface area contributed by atoms with Gasteiger partial charge in [-0.1, -0.05) is 55.6 Å². The molecule has 5 heteroatoms. The van der Waals surface area contributed by atoms with Crippen molar-refractivity contribution in [3.63, 3.8) is 0 Å². The fraction of sp³-hybridized carbons (Fsp3) is 0.250. The van der Waals surface area contributed by atoms with Gasteiger partial charge in [-0.25, -0.2) is 0 Å². The third kappa shape index (κ3) is 3.55. The second kappa shape index (κ2) is 6.59. The maximum Gasteiger partial charge on any atom is 0.162 e. The number of alkyl halides is 1. The molecule has 0 saturated heterocycles. The first-order valence-electron chi connectivity index (χ1n) is 6.61. The third-order valence-electron chi connectivity index (χ3n) is 3.33. The van der Waals surface area contributed by atoms with Gasteiger partial charge in [0.2, 0.25) is 0 Å². The third-order valence-corrected chi connectivity index (χ3v) is 5.00. The molecule has 0 aliphatic carbocycles. The van der Waals surface area contributed by atoms with Crippen LogP contribution in [0, 0.1) is 0 Å². The summed E-state index contributed by atoms with van der Waals surface area (Å²) in [5.74, 6) is 1.49. The number of benzene rings is 2. The Hall–Kier alpha value is -0.710. The zero-order chi connectivity index (χ0) is 14.8. The minimum atomic E-state index is 0.127. The molecule has 3 rings (SSSR count). The van der Waals surface area contributed by atoms with Crippen molar-refractivity contribution in [3.8, 4) is 11.5 Å². The Morgan fingerprint density at radius 1 is 1.05 bits per heavy atom. The fourth-order valence-corrected chi connectivity index (χ4v) is 3.69. The summed E-state index contributed by atoms with van der Waals surface area (Å²) in [6.07, 6.45) is 0.854. The number of hydrogen-bond acceptors (Lipinski definition) is 2. The maximum atomic E-state index is 6.37. The summed E-state index contributed by atoms with van der Waals surface area (Å²) in [5.41, 5.74) is 2.26. The molecule has 21 heavy (non-hydrogen) atoms. The van der Waals surface area contributed by atoms with Crippen molar-refractivity contribution in [2.45, 2.75) is 11.2 Å². The zero-order valence-corrected chi connectivity index (χ0v) is 15.0. The van der Waals surface area contributed by atoms with Gasteiger partial charge < -0.3 is 9.47 Å². The zero-order valence-electron chi connectivity index (χ0n) is 11.1. The summed E-state index contributed by atoms with van der Waals surface area (Å²) < 4.78 is 12.2. The Morgan fingerprint density at radius 2 is 1.67 bits per heavy atom. The van der Waals surface area contributed by atoms with Crippen LogP contribution < -0.4 is 9.47 Å². The van der Waals surface area contributed by atoms with Crippen molar-refractivity contribution in [1.82, 2.24) is 0 Å². The first-order valence-corrected chi connectivity index (χ1v) is 8.69. The Bertz CT molecular complexity index is 643. The normalized spacial score (nSPS) is 14.8. The first kappa shape index (κ1) is 15.2. The van der Waals surface area contributed by atoms with Crippen molar-refractivity contribution >= 4 is 43.5 Å². The lowest BCUT2D eigenvalue weighted by Crippen LogP contribution is -2.15. The summed E-state index contributed by atoms with van der Waals surface area (Å²) in [6, 6.07) is 12.1. The van der Waals surface area contributed by atoms with Crippen molar-refractivity contribution in [3.05, 3.63) is 57.0 Å². The summed E-state index contributed by atoms with van der Waals surface area (Å²) in [6.45, 7) is 1.15. The van der Waals surface area contributed by atoms with Crippen molar-refractivity contribution in [2.24, 2.45) is 0 Å². The second-order valence-electron chi connectivity index (χ2n) is 4.82. The average molecular weight is 433 g/mol. The lowest BCUT2D eigenvalue weighted by Gasteiger charge is -2.21. The van der Waals surface area contributed by atoms with Crippen molar-refractivity contribution in [2.75, 3.05) is 13.2 Å². The molecule has 0 aromatic heterocycles. The number of halogens is 3. The molecule has 1 aliphatic heterocycles. The van der Waals surface area contributed by atoms with Gasteiger partial charge in [0.25, 0.3) is 0 Å². The molecule has 0 amide bonds. The minimum absolute atomic E-state index is 0.127. The molecule has 0 N–H and O–H groups in total. The molecule has 0 bridgehead atoms. The van der Waals surface area contributed by atoms with E-state index in [9.17, 15) is 0 Å². The van der Waals surface area contributed by atoms with Gasteiger partial charge >= 0.3 is 0 Å². The van der Waals surface area contributed by atoms with Crippen LogP contribution in [0.25, 0.3) is 0 Å². The Kier molecular flexibility index (Phi) is 4.77. The van der Waals surface area contributed by atoms with Crippen LogP contribution in [-0.4, -0.2) is 13.2 Å². The van der Waals surface area contributed by atoms with Gasteiger partial charge in [-0.2, -0.15) is 0 Å². The van der Waals surface area contributed by atoms with E-state index in [1.165, 1.54) is 5.56 Å². The van der Waals surface area contributed by atoms with E-state index in [4.69, 9.17) is 21.1 Å². The van der Waals surface area contributed by atoms with Crippen molar-refractivity contribution in [1.29, 1.82) is 0 Å². The topological polar surface area (TPSA) is 18.5 Å². The van der Waals surface area contributed by atoms with Crippen molar-refractivity contribution < 1.29 is 9.47 Å². The van der Waals surface area contributed by atoms with Gasteiger partial charge in [-0.15, -0.1) is 0 Å². The molecular weight excluding hydrogens is 419 g/mol. The molecule has 1 unspecified atom stereocenters. The molecule has 0 spiro atoms. The maximum absolute atomic E-state index is 6.37. The van der Waals surface area contributed by atoms with Crippen LogP contribution in [-0.2, 0) is 6.42 Å². The Balaban J connectivity index is 1.83. The van der Waals surface area contributed by atoms with Crippen LogP contribution >= 0.6 is 43.5 Å². The molecule has 0 fully saturated rings. The number of fused-ring (bicyclic) bond motifs is 1. The fourth-order valence-electron chi connectivity index (χ4n) is 2.26. The van der Waals surface area contributed by atoms with Crippen LogP contribution in [0.5, 0.6) is 11.5 Å². The number of ether oxygens (including phenoxy) is 2. The molecule has 2 aromatic carbocycles. The standard InChI is InChI=1S/C16H13Br2ClO2/c17-11-3-1-10(2-4-11)7-13(18)12-8-15-16(9-14(12)19)21-6-5-20-15/h1-4,8-9,13H,5-7H2. The van der Waals surface area contributed by atoms with E-state index in [0.717, 1.165) is 28.0 Å². The predicted octanol–water partition coefficient (Wildman–Crippen LogP) is 5.55. The highest BCUT2D eigenvalue weighted by molar-refractivity contribution is 9.10. The second-order valence-corrected chi connectivity index (χ2v) is 7.24. The average Bonchev–Trinajstić information content (AvgIpc) is 2.49. The van der Waals surface area contributed by atoms with Gasteiger partial charge in [0.1, 0.15) is 13.2 Å². The molecule has 1 heterocycles. The Labute approximate surface area is 145 Å². The van der Waals surface area contributed by atoms with Gasteiger partial charge in [-0.05, 0) is 35.7 Å². The molecule has 1 atom stereocenters. The van der Waals surface area contributed by atoms with E-state index < -0.39 is 0 Å². The van der Waals surface area contributed by atoms with Crippen LogP contribution in [0.4, 0.5) is 0 Å². The molecular formula is C16H13Br2ClO2. The van der Waals surface area contributed by atoms with Gasteiger partial charge in [-0.3, -0.25) is 0 Å². The molecule has 110 valence electrons. The lowest BCUT2D eigenvalue weighted by molar-refractivity contribution is 0.171. The van der Waals surface area contributed by atoms with Gasteiger partial charge in [0.05, 0.1) is 0 Å². The smallest absolute Gasteiger partial charge is 0.162 e. The highest BCUT2D eigenvalue weighted by Gasteiger charge is 2.19. The summed E-state index contributed by atoms with van der Waals surface area (Å²) in [5, 5.41) is 0.693. The quantitative estimate of drug-likeness (QED) is 0.592. The van der Waals surface area contributed by atoms with Crippen LogP contribution in [0.1, 0.15) is 16.0 Å². The SMILES string of the molecule is Clc1cc2c(cc1C(Br)Cc1ccc(Br)cc1)OCCO2. The highest BCUT2D eigenvalue weighted by atomic mass is 79.9. The molecule has 2 aromatic rings. The molecule has 2 nitrogen and oxygen atoms in total. The monoisotopic (exact) mass is 430 g/mol. The van der Waals surface area contributed by atoms with E-state index in [0.29, 0.717) is 18.2 Å². The lowest BCUT2D eigenvalue weighted by atomic mass is 10.0. The molecule has 0 saturated carbocycles. The van der Waals surface area contributed by atoms with Gasteiger partial charge in [0.15, 0.2) is 11.5 Å². The van der Waals surface area contributed by atoms with E-state index in [-0.39, 0.29) is 4.83 Å². The largest absolute Gasteiger partial charge is 0.486 e. The molecule has 1 aliphatic rings. The van der Waals surface area contributed by atoms with E-state index >= 15 is 0 Å². The van der Waals surface area contributed by atoms with E-state index in [2.05, 4.69) is 44.0 Å². The van der Waals surface area contributed by atoms with Crippen LogP contribution in [0.3, 0.4) is 0 Å². The van der Waals surface area contributed by atoms with Crippen LogP contribution in [0.2, 0.25) is 5.02 Å². The minimum Gasteiger partial charge on any atom is -0.486 e. The number of hydrogen-bond donors (Lipinski definition) is 0. The summed E-state index contributed by atoms with van der Waals surface area (Å²) in [4.78, 5) is 0.127. The highest BCUT2D eigenvalue weighted by Crippen LogP contribution is 2.41. The summed E-state index contributed by atoms with van der Waals surface area (Å²) >= 11 is 13.5. The first-order chi connectivity index (χ1) is 10.1. The number of rotatable bonds is 3. The molecule has 0 radical (unpaired) electrons.